The number of nitrogens with one attached hydrogen (secondary N) is 1. The molecular formula is C16H19N3OS2. The maximum Gasteiger partial charge on any atom is 0.261 e. The molecule has 2 atom stereocenters. The minimum atomic E-state index is 0.0680. The van der Waals surface area contributed by atoms with E-state index in [1.807, 2.05) is 17.5 Å². The summed E-state index contributed by atoms with van der Waals surface area (Å²) in [4.78, 5) is 21.2. The van der Waals surface area contributed by atoms with Gasteiger partial charge in [0.05, 0.1) is 9.75 Å². The molecule has 1 N–H and O–H groups in total. The summed E-state index contributed by atoms with van der Waals surface area (Å²) in [7, 11) is 0. The fraction of sp³-hybridized carbons (Fsp3) is 0.500. The van der Waals surface area contributed by atoms with E-state index in [1.165, 1.54) is 37.3 Å². The molecule has 3 saturated heterocycles. The Morgan fingerprint density at radius 2 is 2.18 bits per heavy atom. The molecule has 22 heavy (non-hydrogen) atoms. The number of amides is 1. The maximum atomic E-state index is 12.6. The number of aromatic nitrogens is 1. The molecule has 3 aliphatic rings. The van der Waals surface area contributed by atoms with Crippen LogP contribution in [-0.4, -0.2) is 41.0 Å². The van der Waals surface area contributed by atoms with E-state index in [2.05, 4.69) is 22.1 Å². The largest absolute Gasteiger partial charge is 0.347 e. The highest BCUT2D eigenvalue weighted by Gasteiger charge is 2.40. The zero-order valence-corrected chi connectivity index (χ0v) is 14.1. The lowest BCUT2D eigenvalue weighted by molar-refractivity contribution is 0.0218. The monoisotopic (exact) mass is 333 g/mol. The van der Waals surface area contributed by atoms with Gasteiger partial charge in [-0.15, -0.1) is 22.7 Å². The molecule has 6 heteroatoms. The van der Waals surface area contributed by atoms with Crippen molar-refractivity contribution in [1.82, 2.24) is 15.2 Å². The normalized spacial score (nSPS) is 30.4. The number of rotatable bonds is 3. The Kier molecular flexibility index (Phi) is 3.76. The lowest BCUT2D eigenvalue weighted by Crippen LogP contribution is -2.62. The summed E-state index contributed by atoms with van der Waals surface area (Å²) in [6, 6.07) is 4.66. The number of hydrogen-bond acceptors (Lipinski definition) is 5. The minimum absolute atomic E-state index is 0.0680. The van der Waals surface area contributed by atoms with E-state index in [4.69, 9.17) is 0 Å². The van der Waals surface area contributed by atoms with Gasteiger partial charge in [-0.2, -0.15) is 0 Å². The average Bonchev–Trinajstić information content (AvgIpc) is 3.21. The molecule has 0 saturated carbocycles. The van der Waals surface area contributed by atoms with Crippen molar-refractivity contribution in [2.24, 2.45) is 5.92 Å². The zero-order chi connectivity index (χ0) is 15.1. The van der Waals surface area contributed by atoms with Crippen LogP contribution in [0.2, 0.25) is 0 Å². The van der Waals surface area contributed by atoms with Crippen LogP contribution in [0.4, 0.5) is 0 Å². The van der Waals surface area contributed by atoms with Crippen LogP contribution in [0.15, 0.2) is 23.7 Å². The van der Waals surface area contributed by atoms with Crippen molar-refractivity contribution in [3.05, 3.63) is 28.6 Å². The highest BCUT2D eigenvalue weighted by molar-refractivity contribution is 7.22. The van der Waals surface area contributed by atoms with Gasteiger partial charge in [-0.05, 0) is 50.9 Å². The number of thiazole rings is 1. The molecule has 0 spiro atoms. The molecule has 0 aromatic carbocycles. The SMILES string of the molecule is CC1C(NC(=O)c2ccc(-c3nccs3)s2)C2CCN1CC2. The standard InChI is InChI=1S/C16H19N3OS2/c1-10-14(11-4-7-19(10)8-5-11)18-15(20)12-2-3-13(22-12)16-17-6-9-21-16/h2-3,6,9-11,14H,4-5,7-8H2,1H3,(H,18,20). The predicted octanol–water partition coefficient (Wildman–Crippen LogP) is 3.08. The third-order valence-electron chi connectivity index (χ3n) is 4.95. The smallest absolute Gasteiger partial charge is 0.261 e. The number of hydrogen-bond donors (Lipinski definition) is 1. The Hall–Kier alpha value is -1.24. The van der Waals surface area contributed by atoms with Gasteiger partial charge in [-0.25, -0.2) is 4.98 Å². The molecule has 116 valence electrons. The summed E-state index contributed by atoms with van der Waals surface area (Å²) in [6.07, 6.45) is 4.22. The Morgan fingerprint density at radius 1 is 1.36 bits per heavy atom. The number of thiophene rings is 1. The van der Waals surface area contributed by atoms with E-state index in [1.54, 1.807) is 17.5 Å². The third kappa shape index (κ3) is 2.49. The number of carbonyl (C=O) groups excluding carboxylic acids is 1. The van der Waals surface area contributed by atoms with E-state index in [0.29, 0.717) is 18.0 Å². The first-order valence-electron chi connectivity index (χ1n) is 7.77. The van der Waals surface area contributed by atoms with Gasteiger partial charge < -0.3 is 5.32 Å². The molecule has 0 aliphatic carbocycles. The summed E-state index contributed by atoms with van der Waals surface area (Å²) in [5.41, 5.74) is 0. The topological polar surface area (TPSA) is 45.2 Å². The fourth-order valence-electron chi connectivity index (χ4n) is 3.69. The molecule has 2 aromatic rings. The van der Waals surface area contributed by atoms with Crippen molar-refractivity contribution in [2.75, 3.05) is 13.1 Å². The number of carbonyl (C=O) groups is 1. The molecule has 0 radical (unpaired) electrons. The van der Waals surface area contributed by atoms with Crippen molar-refractivity contribution in [3.63, 3.8) is 0 Å². The molecule has 5 rings (SSSR count). The van der Waals surface area contributed by atoms with Crippen LogP contribution in [0.1, 0.15) is 29.4 Å². The second-order valence-electron chi connectivity index (χ2n) is 6.11. The van der Waals surface area contributed by atoms with Crippen molar-refractivity contribution >= 4 is 28.6 Å². The maximum absolute atomic E-state index is 12.6. The van der Waals surface area contributed by atoms with Gasteiger partial charge in [0.2, 0.25) is 0 Å². The van der Waals surface area contributed by atoms with Gasteiger partial charge in [0, 0.05) is 23.7 Å². The molecule has 1 amide bonds. The van der Waals surface area contributed by atoms with Crippen LogP contribution < -0.4 is 5.32 Å². The van der Waals surface area contributed by atoms with Crippen LogP contribution in [0, 0.1) is 5.92 Å². The lowest BCUT2D eigenvalue weighted by atomic mass is 9.79. The molecule has 2 bridgehead atoms. The van der Waals surface area contributed by atoms with E-state index in [9.17, 15) is 4.79 Å². The first-order chi connectivity index (χ1) is 10.7. The Labute approximate surface area is 138 Å². The van der Waals surface area contributed by atoms with Crippen molar-refractivity contribution in [3.8, 4) is 9.88 Å². The summed E-state index contributed by atoms with van der Waals surface area (Å²) in [5.74, 6) is 0.709. The summed E-state index contributed by atoms with van der Waals surface area (Å²) in [6.45, 7) is 4.61. The molecule has 4 nitrogen and oxygen atoms in total. The highest BCUT2D eigenvalue weighted by atomic mass is 32.1. The van der Waals surface area contributed by atoms with Crippen molar-refractivity contribution in [2.45, 2.75) is 31.8 Å². The van der Waals surface area contributed by atoms with E-state index in [0.717, 1.165) is 14.8 Å². The fourth-order valence-corrected chi connectivity index (χ4v) is 5.31. The first-order valence-corrected chi connectivity index (χ1v) is 9.46. The van der Waals surface area contributed by atoms with Crippen LogP contribution in [0.25, 0.3) is 9.88 Å². The van der Waals surface area contributed by atoms with Gasteiger partial charge >= 0.3 is 0 Å². The van der Waals surface area contributed by atoms with Gasteiger partial charge in [0.25, 0.3) is 5.91 Å². The Morgan fingerprint density at radius 3 is 2.86 bits per heavy atom. The second kappa shape index (κ2) is 5.76. The van der Waals surface area contributed by atoms with E-state index < -0.39 is 0 Å². The number of fused-ring (bicyclic) bond motifs is 3. The summed E-state index contributed by atoms with van der Waals surface area (Å²) in [5, 5.41) is 6.24. The number of nitrogens with zero attached hydrogens (tertiary/aromatic N) is 2. The first kappa shape index (κ1) is 14.4. The molecular weight excluding hydrogens is 314 g/mol. The molecule has 2 aromatic heterocycles. The number of piperidine rings is 3. The van der Waals surface area contributed by atoms with Crippen LogP contribution in [-0.2, 0) is 0 Å². The van der Waals surface area contributed by atoms with Gasteiger partial charge in [0.1, 0.15) is 5.01 Å². The summed E-state index contributed by atoms with van der Waals surface area (Å²) < 4.78 is 0. The highest BCUT2D eigenvalue weighted by Crippen LogP contribution is 2.33. The van der Waals surface area contributed by atoms with Crippen molar-refractivity contribution in [1.29, 1.82) is 0 Å². The quantitative estimate of drug-likeness (QED) is 0.939. The van der Waals surface area contributed by atoms with E-state index >= 15 is 0 Å². The molecule has 2 unspecified atom stereocenters. The van der Waals surface area contributed by atoms with E-state index in [-0.39, 0.29) is 5.91 Å². The van der Waals surface area contributed by atoms with Crippen LogP contribution in [0.3, 0.4) is 0 Å². The zero-order valence-electron chi connectivity index (χ0n) is 12.5. The van der Waals surface area contributed by atoms with Crippen molar-refractivity contribution < 1.29 is 4.79 Å². The molecule has 3 fully saturated rings. The van der Waals surface area contributed by atoms with Gasteiger partial charge in [-0.3, -0.25) is 9.69 Å². The van der Waals surface area contributed by atoms with Gasteiger partial charge in [0.15, 0.2) is 0 Å². The molecule has 5 heterocycles. The Balaban J connectivity index is 1.48. The lowest BCUT2D eigenvalue weighted by Gasteiger charge is -2.49. The summed E-state index contributed by atoms with van der Waals surface area (Å²) >= 11 is 3.14. The minimum Gasteiger partial charge on any atom is -0.347 e. The third-order valence-corrected chi connectivity index (χ3v) is 6.97. The van der Waals surface area contributed by atoms with Crippen LogP contribution in [0.5, 0.6) is 0 Å². The predicted molar refractivity (Wildman–Crippen MR) is 90.4 cm³/mol. The second-order valence-corrected chi connectivity index (χ2v) is 8.09. The van der Waals surface area contributed by atoms with Crippen LogP contribution >= 0.6 is 22.7 Å². The van der Waals surface area contributed by atoms with Gasteiger partial charge in [-0.1, -0.05) is 0 Å². The average molecular weight is 333 g/mol. The Bertz CT molecular complexity index is 657. The molecule has 3 aliphatic heterocycles.